The van der Waals surface area contributed by atoms with Gasteiger partial charge in [0.2, 0.25) is 0 Å². The summed E-state index contributed by atoms with van der Waals surface area (Å²) in [6.07, 6.45) is 0. The number of aromatic nitrogens is 2. The van der Waals surface area contributed by atoms with E-state index < -0.39 is 5.56 Å². The van der Waals surface area contributed by atoms with Crippen molar-refractivity contribution in [3.05, 3.63) is 51.4 Å². The van der Waals surface area contributed by atoms with Crippen LogP contribution in [-0.4, -0.2) is 36.2 Å². The highest BCUT2D eigenvalue weighted by Crippen LogP contribution is 2.33. The van der Waals surface area contributed by atoms with Gasteiger partial charge in [-0.1, -0.05) is 19.1 Å². The van der Waals surface area contributed by atoms with Crippen LogP contribution < -0.4 is 15.4 Å². The number of amides is 1. The third-order valence-corrected chi connectivity index (χ3v) is 4.59. The summed E-state index contributed by atoms with van der Waals surface area (Å²) in [6.45, 7) is 7.09. The van der Waals surface area contributed by atoms with E-state index in [0.29, 0.717) is 17.8 Å². The number of anilines is 2. The number of hydrogen-bond donors (Lipinski definition) is 1. The number of nitrogens with zero attached hydrogens (tertiary/aromatic N) is 3. The second-order valence-corrected chi connectivity index (χ2v) is 6.53. The van der Waals surface area contributed by atoms with Crippen molar-refractivity contribution >= 4 is 17.3 Å². The quantitative estimate of drug-likeness (QED) is 0.871. The molecule has 6 heteroatoms. The molecule has 126 valence electrons. The van der Waals surface area contributed by atoms with Crippen molar-refractivity contribution in [1.82, 2.24) is 10.2 Å². The zero-order valence-corrected chi connectivity index (χ0v) is 14.5. The normalized spacial score (nSPS) is 17.4. The Morgan fingerprint density at radius 2 is 1.88 bits per heavy atom. The molecule has 0 saturated heterocycles. The van der Waals surface area contributed by atoms with Crippen LogP contribution in [0.25, 0.3) is 0 Å². The highest BCUT2D eigenvalue weighted by Gasteiger charge is 2.29. The number of fused-ring (bicyclic) bond motifs is 1. The minimum atomic E-state index is -0.439. The monoisotopic (exact) mass is 326 g/mol. The number of para-hydroxylation sites is 2. The Labute approximate surface area is 141 Å². The summed E-state index contributed by atoms with van der Waals surface area (Å²) in [6, 6.07) is 7.81. The molecule has 0 radical (unpaired) electrons. The molecule has 1 amide bonds. The Balaban J connectivity index is 2.14. The maximum Gasteiger partial charge on any atom is 0.277 e. The zero-order chi connectivity index (χ0) is 17.4. The highest BCUT2D eigenvalue weighted by atomic mass is 16.2. The van der Waals surface area contributed by atoms with Gasteiger partial charge < -0.3 is 9.80 Å². The third kappa shape index (κ3) is 2.68. The first-order valence-corrected chi connectivity index (χ1v) is 8.08. The molecule has 6 nitrogen and oxygen atoms in total. The van der Waals surface area contributed by atoms with Gasteiger partial charge in [0, 0.05) is 20.1 Å². The van der Waals surface area contributed by atoms with Crippen LogP contribution >= 0.6 is 0 Å². The summed E-state index contributed by atoms with van der Waals surface area (Å²) in [4.78, 5) is 29.3. The Morgan fingerprint density at radius 1 is 1.21 bits per heavy atom. The number of aryl methyl sites for hydroxylation is 1. The minimum Gasteiger partial charge on any atom is -0.373 e. The van der Waals surface area contributed by atoms with Crippen molar-refractivity contribution < 1.29 is 4.79 Å². The molecule has 1 aromatic heterocycles. The summed E-state index contributed by atoms with van der Waals surface area (Å²) in [5.41, 5.74) is 2.86. The molecular formula is C18H22N4O2. The topological polar surface area (TPSA) is 69.3 Å². The highest BCUT2D eigenvalue weighted by molar-refractivity contribution is 6.08. The first-order chi connectivity index (χ1) is 11.4. The third-order valence-electron chi connectivity index (χ3n) is 4.59. The predicted octanol–water partition coefficient (Wildman–Crippen LogP) is 2.12. The average molecular weight is 326 g/mol. The zero-order valence-electron chi connectivity index (χ0n) is 14.5. The molecule has 2 aromatic rings. The summed E-state index contributed by atoms with van der Waals surface area (Å²) < 4.78 is 0. The van der Waals surface area contributed by atoms with E-state index in [1.54, 1.807) is 18.7 Å². The van der Waals surface area contributed by atoms with Crippen LogP contribution in [0.3, 0.4) is 0 Å². The molecule has 1 N–H and O–H groups in total. The van der Waals surface area contributed by atoms with E-state index in [4.69, 9.17) is 0 Å². The summed E-state index contributed by atoms with van der Waals surface area (Å²) in [7, 11) is 2.03. The maximum atomic E-state index is 13.2. The molecule has 1 aromatic carbocycles. The van der Waals surface area contributed by atoms with Gasteiger partial charge in [-0.2, -0.15) is 5.10 Å². The number of aromatic amines is 1. The van der Waals surface area contributed by atoms with E-state index >= 15 is 0 Å². The van der Waals surface area contributed by atoms with Gasteiger partial charge in [-0.25, -0.2) is 5.10 Å². The Morgan fingerprint density at radius 3 is 2.58 bits per heavy atom. The number of carbonyl (C=O) groups is 1. The molecule has 0 aliphatic carbocycles. The van der Waals surface area contributed by atoms with Crippen LogP contribution in [0.4, 0.5) is 11.4 Å². The van der Waals surface area contributed by atoms with E-state index in [-0.39, 0.29) is 17.4 Å². The van der Waals surface area contributed by atoms with Gasteiger partial charge in [-0.3, -0.25) is 9.59 Å². The number of carbonyl (C=O) groups excluding carboxylic acids is 1. The first kappa shape index (κ1) is 16.2. The van der Waals surface area contributed by atoms with Crippen molar-refractivity contribution in [2.24, 2.45) is 5.92 Å². The molecule has 1 aliphatic rings. The fraction of sp³-hybridized carbons (Fsp3) is 0.389. The minimum absolute atomic E-state index is 0.175. The van der Waals surface area contributed by atoms with Crippen LogP contribution in [0, 0.1) is 19.8 Å². The molecule has 0 bridgehead atoms. The number of hydrogen-bond acceptors (Lipinski definition) is 4. The van der Waals surface area contributed by atoms with Gasteiger partial charge in [0.05, 0.1) is 17.1 Å². The lowest BCUT2D eigenvalue weighted by molar-refractivity contribution is 0.0982. The lowest BCUT2D eigenvalue weighted by Gasteiger charge is -2.25. The molecule has 24 heavy (non-hydrogen) atoms. The fourth-order valence-corrected chi connectivity index (χ4v) is 3.26. The van der Waals surface area contributed by atoms with Crippen LogP contribution in [0.2, 0.25) is 0 Å². The van der Waals surface area contributed by atoms with Crippen LogP contribution in [0.15, 0.2) is 29.1 Å². The SMILES string of the molecule is Cc1n[nH]c(=O)c(C(=O)N2C[C@H](C)CN(C)c3ccccc32)c1C. The van der Waals surface area contributed by atoms with Crippen molar-refractivity contribution in [3.8, 4) is 0 Å². The molecule has 0 spiro atoms. The molecule has 1 aliphatic heterocycles. The molecule has 0 saturated carbocycles. The fourth-order valence-electron chi connectivity index (χ4n) is 3.26. The van der Waals surface area contributed by atoms with Gasteiger partial charge in [0.1, 0.15) is 5.56 Å². The number of H-pyrrole nitrogens is 1. The molecule has 0 fully saturated rings. The summed E-state index contributed by atoms with van der Waals surface area (Å²) >= 11 is 0. The van der Waals surface area contributed by atoms with Crippen molar-refractivity contribution in [3.63, 3.8) is 0 Å². The predicted molar refractivity (Wildman–Crippen MR) is 94.9 cm³/mol. The van der Waals surface area contributed by atoms with Gasteiger partial charge in [-0.05, 0) is 37.5 Å². The molecule has 3 rings (SSSR count). The molecule has 0 unspecified atom stereocenters. The van der Waals surface area contributed by atoms with Crippen LogP contribution in [0.5, 0.6) is 0 Å². The summed E-state index contributed by atoms with van der Waals surface area (Å²) in [5, 5.41) is 6.36. The standard InChI is InChI=1S/C18H22N4O2/c1-11-9-21(4)14-7-5-6-8-15(14)22(10-11)18(24)16-12(2)13(3)19-20-17(16)23/h5-8,11H,9-10H2,1-4H3,(H,20,23)/t11-/m1/s1. The first-order valence-electron chi connectivity index (χ1n) is 8.08. The lowest BCUT2D eigenvalue weighted by Crippen LogP contribution is -2.38. The van der Waals surface area contributed by atoms with Gasteiger partial charge in [0.25, 0.3) is 11.5 Å². The van der Waals surface area contributed by atoms with Gasteiger partial charge >= 0.3 is 0 Å². The Bertz CT molecular complexity index is 843. The second kappa shape index (κ2) is 6.11. The summed E-state index contributed by atoms with van der Waals surface area (Å²) in [5.74, 6) is 0.0162. The van der Waals surface area contributed by atoms with Crippen LogP contribution in [-0.2, 0) is 0 Å². The maximum absolute atomic E-state index is 13.2. The van der Waals surface area contributed by atoms with Gasteiger partial charge in [-0.15, -0.1) is 0 Å². The van der Waals surface area contributed by atoms with Crippen molar-refractivity contribution in [2.75, 3.05) is 29.9 Å². The molecule has 2 heterocycles. The lowest BCUT2D eigenvalue weighted by atomic mass is 10.1. The largest absolute Gasteiger partial charge is 0.373 e. The molecular weight excluding hydrogens is 304 g/mol. The van der Waals surface area contributed by atoms with E-state index in [1.165, 1.54) is 0 Å². The number of rotatable bonds is 1. The van der Waals surface area contributed by atoms with Crippen LogP contribution in [0.1, 0.15) is 28.5 Å². The van der Waals surface area contributed by atoms with E-state index in [1.807, 2.05) is 31.3 Å². The van der Waals surface area contributed by atoms with Crippen molar-refractivity contribution in [2.45, 2.75) is 20.8 Å². The Kier molecular flexibility index (Phi) is 4.13. The number of nitrogens with one attached hydrogen (secondary N) is 1. The van der Waals surface area contributed by atoms with Crippen molar-refractivity contribution in [1.29, 1.82) is 0 Å². The van der Waals surface area contributed by atoms with E-state index in [2.05, 4.69) is 22.0 Å². The second-order valence-electron chi connectivity index (χ2n) is 6.53. The number of benzene rings is 1. The smallest absolute Gasteiger partial charge is 0.277 e. The van der Waals surface area contributed by atoms with E-state index in [0.717, 1.165) is 17.9 Å². The van der Waals surface area contributed by atoms with Gasteiger partial charge in [0.15, 0.2) is 0 Å². The average Bonchev–Trinajstić information content (AvgIpc) is 2.68. The molecule has 1 atom stereocenters. The van der Waals surface area contributed by atoms with E-state index in [9.17, 15) is 9.59 Å². The Hall–Kier alpha value is -2.63.